The molecule has 4 nitrogen and oxygen atoms in total. The summed E-state index contributed by atoms with van der Waals surface area (Å²) in [5.74, 6) is 0. The maximum Gasteiger partial charge on any atom is 0.0464 e. The molecule has 362 valence electrons. The Hall–Kier alpha value is -10.2. The molecule has 0 unspecified atom stereocenters. The highest BCUT2D eigenvalue weighted by molar-refractivity contribution is 5.94. The minimum absolute atomic E-state index is 0.993. The van der Waals surface area contributed by atoms with Gasteiger partial charge in [-0.15, -0.1) is 0 Å². The van der Waals surface area contributed by atoms with E-state index < -0.39 is 0 Å². The molecule has 0 saturated heterocycles. The van der Waals surface area contributed by atoms with Crippen molar-refractivity contribution in [1.29, 1.82) is 0 Å². The summed E-state index contributed by atoms with van der Waals surface area (Å²) in [5, 5.41) is 11.3. The predicted molar refractivity (Wildman–Crippen MR) is 323 cm³/mol. The fourth-order valence-corrected chi connectivity index (χ4v) is 10.2. The highest BCUT2D eigenvalue weighted by Gasteiger charge is 2.17. The molecule has 0 amide bonds. The van der Waals surface area contributed by atoms with Gasteiger partial charge < -0.3 is 20.9 Å². The monoisotopic (exact) mass is 974 g/mol. The quantitative estimate of drug-likeness (QED) is 0.0957. The van der Waals surface area contributed by atoms with Crippen molar-refractivity contribution in [3.8, 4) is 66.8 Å². The van der Waals surface area contributed by atoms with Crippen LogP contribution in [-0.2, 0) is 0 Å². The van der Waals surface area contributed by atoms with Gasteiger partial charge in [0.1, 0.15) is 0 Å². The molecule has 12 aromatic carbocycles. The fraction of sp³-hybridized carbons (Fsp3) is 0. The molecule has 0 radical (unpaired) electrons. The molecule has 3 N–H and O–H groups in total. The molecule has 0 aliphatic heterocycles. The first-order valence-electron chi connectivity index (χ1n) is 25.8. The standard InChI is InChI=1S/C72H54N4/c1-4-22-52(23-5-1)61-28-10-13-31-64(61)67-34-16-19-37-70(67)73-55-40-46-58(47-41-55)76(59-48-42-56(43-49-59)74-71-38-20-17-35-68(71)65-32-14-11-29-62(65)53-24-6-2-7-25-53)60-50-44-57(45-51-60)75-72-39-21-18-36-69(72)66-33-15-12-30-63(66)54-26-8-3-9-27-54/h1-51,73-75H. The highest BCUT2D eigenvalue weighted by Crippen LogP contribution is 2.43. The van der Waals surface area contributed by atoms with Gasteiger partial charge in [-0.1, -0.05) is 218 Å². The lowest BCUT2D eigenvalue weighted by molar-refractivity contribution is 1.28. The average Bonchev–Trinajstić information content (AvgIpc) is 3.50. The van der Waals surface area contributed by atoms with Crippen LogP contribution < -0.4 is 20.9 Å². The number of hydrogen-bond acceptors (Lipinski definition) is 4. The van der Waals surface area contributed by atoms with Gasteiger partial charge in [0.25, 0.3) is 0 Å². The minimum atomic E-state index is 0.993. The number of anilines is 9. The Morgan fingerprint density at radius 1 is 0.171 bits per heavy atom. The zero-order valence-corrected chi connectivity index (χ0v) is 41.9. The molecule has 12 aromatic rings. The fourth-order valence-electron chi connectivity index (χ4n) is 10.2. The third-order valence-corrected chi connectivity index (χ3v) is 13.9. The van der Waals surface area contributed by atoms with Crippen molar-refractivity contribution in [2.75, 3.05) is 20.9 Å². The molecule has 0 aliphatic rings. The second kappa shape index (κ2) is 21.9. The van der Waals surface area contributed by atoms with E-state index in [2.05, 4.69) is 330 Å². The highest BCUT2D eigenvalue weighted by atomic mass is 15.1. The van der Waals surface area contributed by atoms with E-state index in [4.69, 9.17) is 0 Å². The maximum absolute atomic E-state index is 3.78. The van der Waals surface area contributed by atoms with E-state index >= 15 is 0 Å². The van der Waals surface area contributed by atoms with E-state index in [-0.39, 0.29) is 0 Å². The van der Waals surface area contributed by atoms with Crippen LogP contribution in [-0.4, -0.2) is 0 Å². The first-order valence-corrected chi connectivity index (χ1v) is 25.8. The molecule has 0 heterocycles. The molecule has 0 aliphatic carbocycles. The Morgan fingerprint density at radius 3 is 0.645 bits per heavy atom. The van der Waals surface area contributed by atoms with E-state index in [9.17, 15) is 0 Å². The Kier molecular flexibility index (Phi) is 13.5. The molecule has 12 rings (SSSR count). The topological polar surface area (TPSA) is 39.3 Å². The van der Waals surface area contributed by atoms with Crippen LogP contribution >= 0.6 is 0 Å². The Balaban J connectivity index is 0.863. The van der Waals surface area contributed by atoms with Gasteiger partial charge in [-0.05, 0) is 141 Å². The van der Waals surface area contributed by atoms with Crippen LogP contribution in [0.5, 0.6) is 0 Å². The first kappa shape index (κ1) is 46.9. The first-order chi connectivity index (χ1) is 37.7. The summed E-state index contributed by atoms with van der Waals surface area (Å²) >= 11 is 0. The molecule has 76 heavy (non-hydrogen) atoms. The summed E-state index contributed by atoms with van der Waals surface area (Å²) in [6.45, 7) is 0. The Labute approximate surface area is 445 Å². The van der Waals surface area contributed by atoms with Crippen LogP contribution in [0.1, 0.15) is 0 Å². The Morgan fingerprint density at radius 2 is 0.382 bits per heavy atom. The van der Waals surface area contributed by atoms with E-state index in [1.165, 1.54) is 50.1 Å². The molecule has 0 fully saturated rings. The minimum Gasteiger partial charge on any atom is -0.355 e. The molecule has 0 bridgehead atoms. The third-order valence-electron chi connectivity index (χ3n) is 13.9. The summed E-state index contributed by atoms with van der Waals surface area (Å²) in [7, 11) is 0. The SMILES string of the molecule is c1ccc(-c2ccccc2-c2ccccc2Nc2ccc(N(c3ccc(Nc4ccccc4-c4ccccc4-c4ccccc4)cc3)c3ccc(Nc4ccccc4-c4ccccc4-c4ccccc4)cc3)cc2)cc1. The number of hydrogen-bond donors (Lipinski definition) is 3. The van der Waals surface area contributed by atoms with Gasteiger partial charge in [-0.3, -0.25) is 0 Å². The number of benzene rings is 12. The van der Waals surface area contributed by atoms with Crippen molar-refractivity contribution in [2.45, 2.75) is 0 Å². The zero-order valence-electron chi connectivity index (χ0n) is 41.9. The van der Waals surface area contributed by atoms with Gasteiger partial charge in [-0.25, -0.2) is 0 Å². The van der Waals surface area contributed by atoms with Crippen LogP contribution in [0.2, 0.25) is 0 Å². The van der Waals surface area contributed by atoms with Crippen molar-refractivity contribution < 1.29 is 0 Å². The van der Waals surface area contributed by atoms with E-state index in [1.807, 2.05) is 0 Å². The van der Waals surface area contributed by atoms with Gasteiger partial charge >= 0.3 is 0 Å². The molecule has 0 spiro atoms. The van der Waals surface area contributed by atoms with Gasteiger partial charge in [0.2, 0.25) is 0 Å². The van der Waals surface area contributed by atoms with Crippen LogP contribution in [0.25, 0.3) is 66.8 Å². The van der Waals surface area contributed by atoms with Gasteiger partial charge in [0.05, 0.1) is 0 Å². The third kappa shape index (κ3) is 10.1. The molecular formula is C72H54N4. The van der Waals surface area contributed by atoms with E-state index in [1.54, 1.807) is 0 Å². The Bertz CT molecular complexity index is 3460. The van der Waals surface area contributed by atoms with Crippen molar-refractivity contribution in [3.05, 3.63) is 309 Å². The van der Waals surface area contributed by atoms with Crippen LogP contribution in [0.4, 0.5) is 51.2 Å². The second-order valence-corrected chi connectivity index (χ2v) is 18.7. The molecule has 0 atom stereocenters. The van der Waals surface area contributed by atoms with Crippen LogP contribution in [0.15, 0.2) is 309 Å². The van der Waals surface area contributed by atoms with Gasteiger partial charge in [0.15, 0.2) is 0 Å². The van der Waals surface area contributed by atoms with E-state index in [0.29, 0.717) is 0 Å². The predicted octanol–water partition coefficient (Wildman–Crippen LogP) is 20.4. The van der Waals surface area contributed by atoms with Gasteiger partial charge in [-0.2, -0.15) is 0 Å². The van der Waals surface area contributed by atoms with Crippen LogP contribution in [0.3, 0.4) is 0 Å². The summed E-state index contributed by atoms with van der Waals surface area (Å²) in [6, 6.07) is 110. The zero-order chi connectivity index (χ0) is 50.9. The van der Waals surface area contributed by atoms with Crippen LogP contribution in [0, 0.1) is 0 Å². The lowest BCUT2D eigenvalue weighted by Gasteiger charge is -2.26. The van der Waals surface area contributed by atoms with Crippen molar-refractivity contribution in [1.82, 2.24) is 0 Å². The summed E-state index contributed by atoms with van der Waals surface area (Å²) in [6.07, 6.45) is 0. The molecule has 0 saturated carbocycles. The number of para-hydroxylation sites is 3. The largest absolute Gasteiger partial charge is 0.355 e. The number of nitrogens with zero attached hydrogens (tertiary/aromatic N) is 1. The number of nitrogens with one attached hydrogen (secondary N) is 3. The average molecular weight is 975 g/mol. The van der Waals surface area contributed by atoms with Crippen molar-refractivity contribution >= 4 is 51.2 Å². The van der Waals surface area contributed by atoms with E-state index in [0.717, 1.165) is 67.9 Å². The summed E-state index contributed by atoms with van der Waals surface area (Å²) < 4.78 is 0. The molecular weight excluding hydrogens is 921 g/mol. The molecule has 4 heteroatoms. The van der Waals surface area contributed by atoms with Crippen molar-refractivity contribution in [3.63, 3.8) is 0 Å². The summed E-state index contributed by atoms with van der Waals surface area (Å²) in [4.78, 5) is 2.31. The maximum atomic E-state index is 3.78. The lowest BCUT2D eigenvalue weighted by atomic mass is 9.93. The lowest BCUT2D eigenvalue weighted by Crippen LogP contribution is -2.10. The number of rotatable bonds is 15. The van der Waals surface area contributed by atoms with Gasteiger partial charge in [0, 0.05) is 67.9 Å². The summed E-state index contributed by atoms with van der Waals surface area (Å²) in [5.41, 5.74) is 23.3. The molecule has 0 aromatic heterocycles. The second-order valence-electron chi connectivity index (χ2n) is 18.7. The van der Waals surface area contributed by atoms with Crippen molar-refractivity contribution in [2.24, 2.45) is 0 Å². The normalized spacial score (nSPS) is 10.9. The smallest absolute Gasteiger partial charge is 0.0464 e.